The van der Waals surface area contributed by atoms with Crippen molar-refractivity contribution in [1.29, 1.82) is 0 Å². The van der Waals surface area contributed by atoms with E-state index in [1.165, 1.54) is 12.1 Å². The van der Waals surface area contributed by atoms with Crippen LogP contribution >= 0.6 is 0 Å². The Morgan fingerprint density at radius 1 is 1.18 bits per heavy atom. The van der Waals surface area contributed by atoms with Gasteiger partial charge >= 0.3 is 6.18 Å². The lowest BCUT2D eigenvalue weighted by atomic mass is 9.99. The molecule has 0 bridgehead atoms. The second-order valence-electron chi connectivity index (χ2n) is 4.44. The predicted octanol–water partition coefficient (Wildman–Crippen LogP) is 3.41. The van der Waals surface area contributed by atoms with E-state index < -0.39 is 23.6 Å². The summed E-state index contributed by atoms with van der Waals surface area (Å²) in [6.45, 7) is 3.44. The van der Waals surface area contributed by atoms with Crippen molar-refractivity contribution in [3.8, 4) is 11.3 Å². The maximum atomic E-state index is 13.3. The van der Waals surface area contributed by atoms with Crippen LogP contribution in [-0.2, 0) is 11.0 Å². The molecule has 0 saturated carbocycles. The van der Waals surface area contributed by atoms with Crippen molar-refractivity contribution in [2.75, 3.05) is 0 Å². The third kappa shape index (κ3) is 3.13. The van der Waals surface area contributed by atoms with Crippen molar-refractivity contribution in [2.45, 2.75) is 6.18 Å². The van der Waals surface area contributed by atoms with Crippen molar-refractivity contribution in [1.82, 2.24) is 4.98 Å². The number of carbonyl (C=O) groups is 1. The molecule has 0 unspecified atom stereocenters. The van der Waals surface area contributed by atoms with E-state index in [1.54, 1.807) is 0 Å². The molecule has 2 rings (SSSR count). The summed E-state index contributed by atoms with van der Waals surface area (Å²) in [5.41, 5.74) is 3.63. The molecule has 7 heteroatoms. The van der Waals surface area contributed by atoms with Gasteiger partial charge in [0.25, 0.3) is 0 Å². The lowest BCUT2D eigenvalue weighted by molar-refractivity contribution is -0.141. The summed E-state index contributed by atoms with van der Waals surface area (Å²) in [5, 5.41) is 0. The number of amides is 1. The normalized spacial score (nSPS) is 11.3. The smallest absolute Gasteiger partial charge is 0.366 e. The van der Waals surface area contributed by atoms with Gasteiger partial charge in [-0.2, -0.15) is 13.2 Å². The van der Waals surface area contributed by atoms with E-state index in [1.807, 2.05) is 0 Å². The monoisotopic (exact) mass is 310 g/mol. The number of nitrogens with zero attached hydrogens (tertiary/aromatic N) is 1. The van der Waals surface area contributed by atoms with Crippen molar-refractivity contribution in [2.24, 2.45) is 5.73 Å². The van der Waals surface area contributed by atoms with Gasteiger partial charge in [0.15, 0.2) is 0 Å². The number of alkyl halides is 3. The van der Waals surface area contributed by atoms with E-state index >= 15 is 0 Å². The van der Waals surface area contributed by atoms with Crippen LogP contribution in [0, 0.1) is 5.82 Å². The molecule has 0 fully saturated rings. The fourth-order valence-corrected chi connectivity index (χ4v) is 1.85. The van der Waals surface area contributed by atoms with Gasteiger partial charge in [0.2, 0.25) is 5.91 Å². The molecule has 0 saturated heterocycles. The number of hydrogen-bond acceptors (Lipinski definition) is 2. The Morgan fingerprint density at radius 3 is 2.41 bits per heavy atom. The largest absolute Gasteiger partial charge is 0.433 e. The molecule has 1 amide bonds. The number of rotatable bonds is 3. The van der Waals surface area contributed by atoms with Gasteiger partial charge in [-0.05, 0) is 24.3 Å². The number of primary amides is 1. The molecule has 2 aromatic rings. The van der Waals surface area contributed by atoms with Gasteiger partial charge in [0.05, 0.1) is 5.69 Å². The zero-order valence-electron chi connectivity index (χ0n) is 11.1. The molecule has 3 nitrogen and oxygen atoms in total. The highest BCUT2D eigenvalue weighted by molar-refractivity contribution is 6.19. The average Bonchev–Trinajstić information content (AvgIpc) is 2.44. The number of halogens is 4. The number of pyridine rings is 1. The first-order chi connectivity index (χ1) is 10.2. The minimum Gasteiger partial charge on any atom is -0.366 e. The van der Waals surface area contributed by atoms with Gasteiger partial charge < -0.3 is 5.73 Å². The van der Waals surface area contributed by atoms with E-state index in [9.17, 15) is 22.4 Å². The second-order valence-corrected chi connectivity index (χ2v) is 4.44. The number of hydrogen-bond donors (Lipinski definition) is 1. The standard InChI is InChI=1S/C15H10F4N2O/c1-8(14(20)22)11-5-6-12(15(17,18)19)21-13(11)9-3-2-4-10(16)7-9/h2-7H,1H2,(H2,20,22). The van der Waals surface area contributed by atoms with E-state index in [-0.39, 0.29) is 22.4 Å². The Bertz CT molecular complexity index is 753. The summed E-state index contributed by atoms with van der Waals surface area (Å²) in [6.07, 6.45) is -4.67. The Hall–Kier alpha value is -2.70. The van der Waals surface area contributed by atoms with Crippen LogP contribution in [0.5, 0.6) is 0 Å². The molecule has 0 spiro atoms. The van der Waals surface area contributed by atoms with Gasteiger partial charge in [-0.3, -0.25) is 4.79 Å². The molecule has 0 aliphatic rings. The SMILES string of the molecule is C=C(C(N)=O)c1ccc(C(F)(F)F)nc1-c1cccc(F)c1. The van der Waals surface area contributed by atoms with E-state index in [0.717, 1.165) is 18.2 Å². The Kier molecular flexibility index (Phi) is 3.99. The van der Waals surface area contributed by atoms with Crippen molar-refractivity contribution >= 4 is 11.5 Å². The molecular weight excluding hydrogens is 300 g/mol. The molecule has 1 aromatic heterocycles. The first kappa shape index (κ1) is 15.7. The number of benzene rings is 1. The van der Waals surface area contributed by atoms with E-state index in [0.29, 0.717) is 6.07 Å². The van der Waals surface area contributed by atoms with Crippen molar-refractivity contribution in [3.05, 3.63) is 60.1 Å². The number of aromatic nitrogens is 1. The summed E-state index contributed by atoms with van der Waals surface area (Å²) in [4.78, 5) is 14.7. The minimum atomic E-state index is -4.67. The lowest BCUT2D eigenvalue weighted by Crippen LogP contribution is -2.15. The fraction of sp³-hybridized carbons (Fsp3) is 0.0667. The van der Waals surface area contributed by atoms with E-state index in [2.05, 4.69) is 11.6 Å². The van der Waals surface area contributed by atoms with Gasteiger partial charge in [-0.15, -0.1) is 0 Å². The maximum Gasteiger partial charge on any atom is 0.433 e. The summed E-state index contributed by atoms with van der Waals surface area (Å²) in [6, 6.07) is 6.61. The zero-order chi connectivity index (χ0) is 16.5. The van der Waals surface area contributed by atoms with Crippen LogP contribution in [-0.4, -0.2) is 10.9 Å². The quantitative estimate of drug-likeness (QED) is 0.698. The Balaban J connectivity index is 2.70. The second kappa shape index (κ2) is 5.59. The van der Waals surface area contributed by atoms with Crippen LogP contribution in [0.15, 0.2) is 43.0 Å². The van der Waals surface area contributed by atoms with Crippen molar-refractivity contribution < 1.29 is 22.4 Å². The molecule has 114 valence electrons. The molecule has 2 N–H and O–H groups in total. The van der Waals surface area contributed by atoms with Gasteiger partial charge in [-0.25, -0.2) is 9.37 Å². The van der Waals surface area contributed by atoms with Crippen LogP contribution < -0.4 is 5.73 Å². The third-order valence-corrected chi connectivity index (χ3v) is 2.91. The fourth-order valence-electron chi connectivity index (χ4n) is 1.85. The predicted molar refractivity (Wildman–Crippen MR) is 72.9 cm³/mol. The van der Waals surface area contributed by atoms with Crippen LogP contribution in [0.3, 0.4) is 0 Å². The maximum absolute atomic E-state index is 13.3. The molecular formula is C15H10F4N2O. The van der Waals surface area contributed by atoms with Gasteiger partial charge in [-0.1, -0.05) is 18.7 Å². The Morgan fingerprint density at radius 2 is 1.86 bits per heavy atom. The molecule has 0 atom stereocenters. The Labute approximate surface area is 123 Å². The summed E-state index contributed by atoms with van der Waals surface area (Å²) >= 11 is 0. The number of carbonyl (C=O) groups excluding carboxylic acids is 1. The van der Waals surface area contributed by atoms with Crippen molar-refractivity contribution in [3.63, 3.8) is 0 Å². The van der Waals surface area contributed by atoms with Gasteiger partial charge in [0, 0.05) is 16.7 Å². The minimum absolute atomic E-state index is 0.0195. The average molecular weight is 310 g/mol. The summed E-state index contributed by atoms with van der Waals surface area (Å²) < 4.78 is 51.7. The van der Waals surface area contributed by atoms with Crippen LogP contribution in [0.1, 0.15) is 11.3 Å². The van der Waals surface area contributed by atoms with E-state index in [4.69, 9.17) is 5.73 Å². The molecule has 0 aliphatic heterocycles. The first-order valence-electron chi connectivity index (χ1n) is 6.03. The topological polar surface area (TPSA) is 56.0 Å². The number of nitrogens with two attached hydrogens (primary N) is 1. The van der Waals surface area contributed by atoms with Crippen LogP contribution in [0.25, 0.3) is 16.8 Å². The first-order valence-corrected chi connectivity index (χ1v) is 6.03. The highest BCUT2D eigenvalue weighted by Crippen LogP contribution is 2.33. The molecule has 0 aliphatic carbocycles. The lowest BCUT2D eigenvalue weighted by Gasteiger charge is -2.13. The highest BCUT2D eigenvalue weighted by Gasteiger charge is 2.33. The van der Waals surface area contributed by atoms with Crippen LogP contribution in [0.2, 0.25) is 0 Å². The van der Waals surface area contributed by atoms with Gasteiger partial charge in [0.1, 0.15) is 11.5 Å². The summed E-state index contributed by atoms with van der Waals surface area (Å²) in [7, 11) is 0. The van der Waals surface area contributed by atoms with Crippen LogP contribution in [0.4, 0.5) is 17.6 Å². The molecule has 0 radical (unpaired) electrons. The summed E-state index contributed by atoms with van der Waals surface area (Å²) in [5.74, 6) is -1.55. The highest BCUT2D eigenvalue weighted by atomic mass is 19.4. The third-order valence-electron chi connectivity index (χ3n) is 2.91. The zero-order valence-corrected chi connectivity index (χ0v) is 11.1. The molecule has 1 aromatic carbocycles. The molecule has 1 heterocycles. The molecule has 22 heavy (non-hydrogen) atoms.